The van der Waals surface area contributed by atoms with E-state index in [2.05, 4.69) is 26.6 Å². The zero-order valence-corrected chi connectivity index (χ0v) is 29.7. The van der Waals surface area contributed by atoms with E-state index in [0.29, 0.717) is 31.4 Å². The fourth-order valence-corrected chi connectivity index (χ4v) is 4.84. The number of rotatable bonds is 21. The number of nitrogens with two attached hydrogens (primary N) is 2. The average Bonchev–Trinajstić information content (AvgIpc) is 3.04. The lowest BCUT2D eigenvalue weighted by Crippen LogP contribution is -2.60. The molecule has 15 nitrogen and oxygen atoms in total. The maximum atomic E-state index is 13.4. The molecule has 0 saturated carbocycles. The van der Waals surface area contributed by atoms with E-state index < -0.39 is 83.6 Å². The fraction of sp³-hybridized carbons (Fsp3) is 0.647. The Morgan fingerprint density at radius 2 is 1.20 bits per heavy atom. The predicted octanol–water partition coefficient (Wildman–Crippen LogP) is 0.278. The van der Waals surface area contributed by atoms with Gasteiger partial charge in [0.05, 0.1) is 6.04 Å². The van der Waals surface area contributed by atoms with Crippen LogP contribution in [0.15, 0.2) is 24.3 Å². The van der Waals surface area contributed by atoms with Crippen LogP contribution in [0.4, 0.5) is 0 Å². The first kappa shape index (κ1) is 42.8. The second-order valence-electron chi connectivity index (χ2n) is 13.2. The summed E-state index contributed by atoms with van der Waals surface area (Å²) in [5.74, 6) is -5.36. The summed E-state index contributed by atoms with van der Waals surface area (Å²) in [7, 11) is 0. The number of aliphatic carboxylic acids is 1. The maximum Gasteiger partial charge on any atom is 0.326 e. The Kier molecular flexibility index (Phi) is 18.3. The van der Waals surface area contributed by atoms with Gasteiger partial charge < -0.3 is 48.3 Å². The van der Waals surface area contributed by atoms with Gasteiger partial charge in [-0.05, 0) is 68.2 Å². The van der Waals surface area contributed by atoms with Gasteiger partial charge in [-0.2, -0.15) is 0 Å². The molecule has 49 heavy (non-hydrogen) atoms. The summed E-state index contributed by atoms with van der Waals surface area (Å²) in [6.07, 6.45) is 2.08. The van der Waals surface area contributed by atoms with Crippen molar-refractivity contribution in [1.82, 2.24) is 26.6 Å². The van der Waals surface area contributed by atoms with E-state index in [0.717, 1.165) is 0 Å². The van der Waals surface area contributed by atoms with Crippen LogP contribution in [0.25, 0.3) is 0 Å². The van der Waals surface area contributed by atoms with Gasteiger partial charge in [-0.1, -0.05) is 60.1 Å². The van der Waals surface area contributed by atoms with Crippen molar-refractivity contribution < 1.29 is 39.0 Å². The number of carboxylic acid groups (broad SMARTS) is 1. The van der Waals surface area contributed by atoms with Gasteiger partial charge in [0.25, 0.3) is 0 Å². The number of aromatic hydroxyl groups is 1. The highest BCUT2D eigenvalue weighted by molar-refractivity contribution is 5.96. The summed E-state index contributed by atoms with van der Waals surface area (Å²) in [5.41, 5.74) is 12.3. The Morgan fingerprint density at radius 1 is 0.694 bits per heavy atom. The first-order chi connectivity index (χ1) is 22.9. The van der Waals surface area contributed by atoms with Gasteiger partial charge in [0, 0.05) is 6.42 Å². The van der Waals surface area contributed by atoms with Crippen LogP contribution in [0.3, 0.4) is 0 Å². The van der Waals surface area contributed by atoms with E-state index in [4.69, 9.17) is 11.5 Å². The third-order valence-corrected chi connectivity index (χ3v) is 8.38. The number of carbonyl (C=O) groups is 6. The Balaban J connectivity index is 2.98. The van der Waals surface area contributed by atoms with Crippen molar-refractivity contribution in [3.63, 3.8) is 0 Å². The first-order valence-electron chi connectivity index (χ1n) is 16.9. The number of benzene rings is 1. The van der Waals surface area contributed by atoms with E-state index in [1.807, 2.05) is 13.8 Å². The summed E-state index contributed by atoms with van der Waals surface area (Å²) in [4.78, 5) is 77.8. The molecule has 5 amide bonds. The van der Waals surface area contributed by atoms with Crippen molar-refractivity contribution in [2.45, 2.75) is 117 Å². The number of amides is 5. The molecular formula is C34H57N7O8. The molecule has 1 rings (SSSR count). The van der Waals surface area contributed by atoms with E-state index in [9.17, 15) is 39.0 Å². The molecule has 0 bridgehead atoms. The number of phenolic OH excluding ortho intramolecular Hbond substituents is 1. The smallest absolute Gasteiger partial charge is 0.326 e. The molecule has 0 radical (unpaired) electrons. The third kappa shape index (κ3) is 14.4. The van der Waals surface area contributed by atoms with Crippen molar-refractivity contribution in [2.24, 2.45) is 29.2 Å². The van der Waals surface area contributed by atoms with Gasteiger partial charge in [-0.25, -0.2) is 4.79 Å². The molecule has 0 unspecified atom stereocenters. The van der Waals surface area contributed by atoms with Crippen LogP contribution in [0.2, 0.25) is 0 Å². The molecule has 15 heteroatoms. The number of carbonyl (C=O) groups excluding carboxylic acids is 5. The first-order valence-corrected chi connectivity index (χ1v) is 16.9. The van der Waals surface area contributed by atoms with Crippen molar-refractivity contribution in [1.29, 1.82) is 0 Å². The molecule has 1 aromatic carbocycles. The quantitative estimate of drug-likeness (QED) is 0.0796. The highest BCUT2D eigenvalue weighted by Crippen LogP contribution is 2.13. The minimum atomic E-state index is -1.31. The lowest BCUT2D eigenvalue weighted by Gasteiger charge is -2.28. The minimum Gasteiger partial charge on any atom is -0.508 e. The third-order valence-electron chi connectivity index (χ3n) is 8.38. The Hall–Kier alpha value is -4.24. The second-order valence-corrected chi connectivity index (χ2v) is 13.2. The van der Waals surface area contributed by atoms with Crippen LogP contribution in [0.5, 0.6) is 5.75 Å². The Morgan fingerprint density at radius 3 is 1.69 bits per heavy atom. The van der Waals surface area contributed by atoms with Crippen LogP contribution in [0, 0.1) is 17.8 Å². The number of hydrogen-bond acceptors (Lipinski definition) is 9. The molecule has 1 aromatic rings. The average molecular weight is 692 g/mol. The Bertz CT molecular complexity index is 1260. The SMILES string of the molecule is CC[C@H](C)[C@H](N)C(=O)N[C@@H](CCCCN)C(=O)N[C@H](C(=O)N[C@@H](C)C(=O)N[C@H](C(=O)N[C@@H](Cc1ccc(O)cc1)C(=O)O)C(C)C)C(C)C. The largest absolute Gasteiger partial charge is 0.508 e. The highest BCUT2D eigenvalue weighted by Gasteiger charge is 2.33. The van der Waals surface area contributed by atoms with Gasteiger partial charge in [0.2, 0.25) is 29.5 Å². The highest BCUT2D eigenvalue weighted by atomic mass is 16.4. The van der Waals surface area contributed by atoms with Gasteiger partial charge in [0.1, 0.15) is 36.0 Å². The zero-order chi connectivity index (χ0) is 37.4. The summed E-state index contributed by atoms with van der Waals surface area (Å²) in [6.45, 7) is 12.3. The van der Waals surface area contributed by atoms with Gasteiger partial charge in [-0.3, -0.25) is 24.0 Å². The normalized spacial score (nSPS) is 15.6. The summed E-state index contributed by atoms with van der Waals surface area (Å²) in [6, 6.07) is -0.532. The standard InChI is InChI=1S/C34H57N7O8/c1-8-20(6)26(36)31(45)38-24(11-9-10-16-35)30(44)41-27(18(2)3)32(46)37-21(7)29(43)40-28(19(4)5)33(47)39-25(34(48)49)17-22-12-14-23(42)15-13-22/h12-15,18-21,24-28,42H,8-11,16-17,35-36H2,1-7H3,(H,37,46)(H,38,45)(H,39,47)(H,40,43)(H,41,44)(H,48,49)/t20-,21-,24-,25-,26-,27-,28-/m0/s1. The molecule has 0 heterocycles. The number of carboxylic acids is 1. The van der Waals surface area contributed by atoms with Crippen LogP contribution in [0.1, 0.15) is 79.7 Å². The monoisotopic (exact) mass is 691 g/mol. The molecule has 0 aliphatic rings. The number of nitrogens with one attached hydrogen (secondary N) is 5. The Labute approximate surface area is 289 Å². The summed E-state index contributed by atoms with van der Waals surface area (Å²) < 4.78 is 0. The molecule has 11 N–H and O–H groups in total. The molecule has 0 aliphatic heterocycles. The van der Waals surface area contributed by atoms with Gasteiger partial charge in [-0.15, -0.1) is 0 Å². The molecule has 0 aromatic heterocycles. The number of phenols is 1. The molecular weight excluding hydrogens is 634 g/mol. The molecule has 276 valence electrons. The van der Waals surface area contributed by atoms with E-state index in [1.165, 1.54) is 31.2 Å². The molecule has 7 atom stereocenters. The zero-order valence-electron chi connectivity index (χ0n) is 29.7. The van der Waals surface area contributed by atoms with Gasteiger partial charge in [0.15, 0.2) is 0 Å². The fourth-order valence-electron chi connectivity index (χ4n) is 4.84. The van der Waals surface area contributed by atoms with Crippen LogP contribution >= 0.6 is 0 Å². The van der Waals surface area contributed by atoms with Crippen molar-refractivity contribution in [3.05, 3.63) is 29.8 Å². The predicted molar refractivity (Wildman–Crippen MR) is 185 cm³/mol. The maximum absolute atomic E-state index is 13.4. The summed E-state index contributed by atoms with van der Waals surface area (Å²) >= 11 is 0. The molecule has 0 aliphatic carbocycles. The van der Waals surface area contributed by atoms with E-state index >= 15 is 0 Å². The van der Waals surface area contributed by atoms with Crippen LogP contribution in [-0.2, 0) is 35.2 Å². The van der Waals surface area contributed by atoms with Crippen molar-refractivity contribution in [2.75, 3.05) is 6.54 Å². The topological polar surface area (TPSA) is 255 Å². The lowest BCUT2D eigenvalue weighted by atomic mass is 9.98. The van der Waals surface area contributed by atoms with E-state index in [1.54, 1.807) is 27.7 Å². The molecule has 0 fully saturated rings. The minimum absolute atomic E-state index is 0.0132. The summed E-state index contributed by atoms with van der Waals surface area (Å²) in [5, 5.41) is 32.3. The molecule has 0 saturated heterocycles. The van der Waals surface area contributed by atoms with Gasteiger partial charge >= 0.3 is 5.97 Å². The molecule has 0 spiro atoms. The lowest BCUT2D eigenvalue weighted by molar-refractivity contribution is -0.142. The number of hydrogen-bond donors (Lipinski definition) is 9. The van der Waals surface area contributed by atoms with Crippen LogP contribution < -0.4 is 38.1 Å². The van der Waals surface area contributed by atoms with Crippen molar-refractivity contribution in [3.8, 4) is 5.75 Å². The number of unbranched alkanes of at least 4 members (excludes halogenated alkanes) is 1. The van der Waals surface area contributed by atoms with Crippen LogP contribution in [-0.4, -0.2) is 88.5 Å². The van der Waals surface area contributed by atoms with Crippen molar-refractivity contribution >= 4 is 35.5 Å². The van der Waals surface area contributed by atoms with E-state index in [-0.39, 0.29) is 24.5 Å². The second kappa shape index (κ2) is 21.0.